The highest BCUT2D eigenvalue weighted by Gasteiger charge is 2.40. The highest BCUT2D eigenvalue weighted by molar-refractivity contribution is 6.31. The van der Waals surface area contributed by atoms with Gasteiger partial charge in [0.1, 0.15) is 6.95 Å². The number of carbonyl (C=O) groups excluding carboxylic acids is 1. The van der Waals surface area contributed by atoms with Crippen molar-refractivity contribution >= 4 is 17.4 Å². The van der Waals surface area contributed by atoms with E-state index in [0.717, 1.165) is 5.31 Å². The molecule has 2 rings (SSSR count). The number of carbonyl (C=O) groups is 1. The maximum atomic E-state index is 12.6. The number of hydrogen-bond donors (Lipinski definition) is 1. The zero-order valence-electron chi connectivity index (χ0n) is 12.2. The summed E-state index contributed by atoms with van der Waals surface area (Å²) in [7, 11) is 1.47. The van der Waals surface area contributed by atoms with Crippen LogP contribution in [0.3, 0.4) is 0 Å². The quantitative estimate of drug-likeness (QED) is 0.861. The molecule has 0 aromatic heterocycles. The van der Waals surface area contributed by atoms with Gasteiger partial charge in [-0.15, -0.1) is 0 Å². The molecule has 1 saturated carbocycles. The van der Waals surface area contributed by atoms with Gasteiger partial charge in [0.15, 0.2) is 5.78 Å². The molecule has 0 spiro atoms. The normalized spacial score (nSPS) is 31.9. The number of hydrogen-bond acceptors (Lipinski definition) is 2. The number of ketones is 1. The Labute approximate surface area is 105 Å². The van der Waals surface area contributed by atoms with Crippen LogP contribution in [0.5, 0.6) is 0 Å². The van der Waals surface area contributed by atoms with E-state index < -0.39 is 17.7 Å². The van der Waals surface area contributed by atoms with E-state index in [4.69, 9.17) is 15.8 Å². The van der Waals surface area contributed by atoms with E-state index in [1.165, 1.54) is 7.05 Å². The zero-order chi connectivity index (χ0) is 14.3. The second-order valence-electron chi connectivity index (χ2n) is 3.92. The van der Waals surface area contributed by atoms with Crippen molar-refractivity contribution in [2.45, 2.75) is 31.2 Å². The van der Waals surface area contributed by atoms with Gasteiger partial charge in [-0.2, -0.15) is 0 Å². The van der Waals surface area contributed by atoms with Crippen LogP contribution in [0.25, 0.3) is 0 Å². The molecular formula is C13H16ClNO. The first-order valence-electron chi connectivity index (χ1n) is 6.80. The Hall–Kier alpha value is -0.860. The summed E-state index contributed by atoms with van der Waals surface area (Å²) in [6, 6.07) is 6.88. The van der Waals surface area contributed by atoms with Crippen molar-refractivity contribution in [3.63, 3.8) is 0 Å². The van der Waals surface area contributed by atoms with Gasteiger partial charge in [0.25, 0.3) is 0 Å². The van der Waals surface area contributed by atoms with Gasteiger partial charge in [-0.05, 0) is 31.5 Å². The van der Waals surface area contributed by atoms with Crippen LogP contribution < -0.4 is 5.31 Å². The van der Waals surface area contributed by atoms with Gasteiger partial charge in [0.2, 0.25) is 0 Å². The van der Waals surface area contributed by atoms with Crippen LogP contribution in [-0.2, 0) is 10.3 Å². The van der Waals surface area contributed by atoms with E-state index in [-0.39, 0.29) is 6.42 Å². The average molecular weight is 241 g/mol. The predicted octanol–water partition coefficient (Wildman–Crippen LogP) is 2.90. The van der Waals surface area contributed by atoms with Crippen LogP contribution in [0.2, 0.25) is 6.43 Å². The number of rotatable bonds is 2. The molecule has 0 radical (unpaired) electrons. The van der Waals surface area contributed by atoms with Crippen LogP contribution in [0.4, 0.5) is 0 Å². The summed E-state index contributed by atoms with van der Waals surface area (Å²) in [4.78, 5) is 12.6. The fraction of sp³-hybridized carbons (Fsp3) is 0.462. The number of Topliss-reactive ketones (excluding diaryl/α,β-unsaturated/α-hetero) is 1. The molecule has 0 saturated heterocycles. The number of likely N-dealkylation sites (N-methyl/N-ethyl adjacent to an activating group) is 1. The molecule has 1 aromatic rings. The second-order valence-corrected chi connectivity index (χ2v) is 4.33. The van der Waals surface area contributed by atoms with Crippen LogP contribution in [0.15, 0.2) is 24.3 Å². The van der Waals surface area contributed by atoms with Crippen molar-refractivity contribution in [3.8, 4) is 0 Å². The summed E-state index contributed by atoms with van der Waals surface area (Å²) in [5.74, 6) is -0.572. The third-order valence-corrected chi connectivity index (χ3v) is 3.41. The highest BCUT2D eigenvalue weighted by Crippen LogP contribution is 2.37. The lowest BCUT2D eigenvalue weighted by Gasteiger charge is -2.36. The molecule has 86 valence electrons. The maximum absolute atomic E-state index is 12.6. The molecule has 3 heteroatoms. The molecule has 1 atom stereocenters. The first-order chi connectivity index (χ1) is 8.82. The average Bonchev–Trinajstić information content (AvgIpc) is 2.33. The largest absolute Gasteiger partial charge is 0.304 e. The summed E-state index contributed by atoms with van der Waals surface area (Å²) >= 11 is 6.16. The van der Waals surface area contributed by atoms with Gasteiger partial charge in [-0.1, -0.05) is 36.2 Å². The Kier molecular flexibility index (Phi) is 2.35. The van der Waals surface area contributed by atoms with Crippen molar-refractivity contribution in [1.29, 1.82) is 0 Å². The minimum atomic E-state index is -1.91. The molecule has 16 heavy (non-hydrogen) atoms. The standard InChI is InChI=1S/C13H16ClNO/c1-15-13(9-5-4-8-12(13)16)10-6-2-3-7-11(10)14/h2-3,6-7,15H,4-5,8-9H2,1H3/i8D2/hD. The molecule has 1 unspecified atom stereocenters. The third kappa shape index (κ3) is 1.76. The molecule has 1 fully saturated rings. The first kappa shape index (κ1) is 8.26. The zero-order valence-corrected chi connectivity index (χ0v) is 9.92. The molecule has 0 amide bonds. The van der Waals surface area contributed by atoms with E-state index in [2.05, 4.69) is 0 Å². The van der Waals surface area contributed by atoms with E-state index in [9.17, 15) is 4.79 Å². The molecule has 1 aliphatic carbocycles. The second kappa shape index (κ2) is 4.56. The van der Waals surface area contributed by atoms with Crippen LogP contribution in [0, 0.1) is 0 Å². The monoisotopic (exact) mass is 240 g/mol. The molecule has 0 aliphatic heterocycles. The van der Waals surface area contributed by atoms with E-state index in [1.807, 2.05) is 0 Å². The molecule has 1 aliphatic rings. The van der Waals surface area contributed by atoms with Crippen LogP contribution in [-0.4, -0.2) is 12.8 Å². The molecule has 0 bridgehead atoms. The van der Waals surface area contributed by atoms with Crippen LogP contribution in [0.1, 0.15) is 33.9 Å². The van der Waals surface area contributed by atoms with Gasteiger partial charge in [-0.25, -0.2) is 0 Å². The van der Waals surface area contributed by atoms with E-state index in [1.54, 1.807) is 24.3 Å². The predicted molar refractivity (Wildman–Crippen MR) is 65.7 cm³/mol. The van der Waals surface area contributed by atoms with Crippen molar-refractivity contribution in [2.75, 3.05) is 7.05 Å². The number of benzene rings is 1. The summed E-state index contributed by atoms with van der Waals surface area (Å²) < 4.78 is 23.7. The highest BCUT2D eigenvalue weighted by atomic mass is 35.5. The number of nitrogens with one attached hydrogen (secondary N) is 1. The lowest BCUT2D eigenvalue weighted by atomic mass is 9.75. The van der Waals surface area contributed by atoms with E-state index >= 15 is 0 Å². The summed E-state index contributed by atoms with van der Waals surface area (Å²) in [6.45, 7) is 0. The summed E-state index contributed by atoms with van der Waals surface area (Å²) in [5.41, 5.74) is -0.775. The minimum Gasteiger partial charge on any atom is -0.304 e. The van der Waals surface area contributed by atoms with Gasteiger partial charge in [0, 0.05) is 14.1 Å². The Bertz CT molecular complexity index is 506. The topological polar surface area (TPSA) is 29.1 Å². The van der Waals surface area contributed by atoms with Crippen molar-refractivity contribution in [3.05, 3.63) is 34.9 Å². The van der Waals surface area contributed by atoms with Gasteiger partial charge in [0.05, 0.1) is 0 Å². The molecule has 1 N–H and O–H groups in total. The summed E-state index contributed by atoms with van der Waals surface area (Å²) in [5, 5.41) is 1.45. The fourth-order valence-corrected chi connectivity index (χ4v) is 2.49. The fourth-order valence-electron chi connectivity index (χ4n) is 2.19. The van der Waals surface area contributed by atoms with Gasteiger partial charge in [-0.3, -0.25) is 4.79 Å². The Morgan fingerprint density at radius 2 is 2.25 bits per heavy atom. The Balaban J connectivity index is 2.62. The van der Waals surface area contributed by atoms with Crippen molar-refractivity contribution in [2.24, 2.45) is 0 Å². The lowest BCUT2D eigenvalue weighted by molar-refractivity contribution is -0.127. The van der Waals surface area contributed by atoms with E-state index in [0.29, 0.717) is 23.4 Å². The Morgan fingerprint density at radius 1 is 1.50 bits per heavy atom. The van der Waals surface area contributed by atoms with Gasteiger partial charge < -0.3 is 5.31 Å². The lowest BCUT2D eigenvalue weighted by Crippen LogP contribution is -2.49. The van der Waals surface area contributed by atoms with Crippen LogP contribution >= 0.6 is 11.6 Å². The smallest absolute Gasteiger partial charge is 0.157 e. The van der Waals surface area contributed by atoms with Crippen molar-refractivity contribution < 1.29 is 8.95 Å². The minimum absolute atomic E-state index is 0.200. The van der Waals surface area contributed by atoms with Gasteiger partial charge >= 0.3 is 0 Å². The maximum Gasteiger partial charge on any atom is 0.157 e. The third-order valence-electron chi connectivity index (χ3n) is 3.08. The summed E-state index contributed by atoms with van der Waals surface area (Å²) in [6.07, 6.45) is -0.749. The molecular weight excluding hydrogens is 222 g/mol. The SMILES string of the molecule is [2H]N(C)C1(c2ccccc2Cl)CCCC([2H])([2H])C1=O. The molecule has 2 nitrogen and oxygen atoms in total. The Morgan fingerprint density at radius 3 is 2.94 bits per heavy atom. The molecule has 1 aromatic carbocycles. The first-order valence-corrected chi connectivity index (χ1v) is 5.73. The number of halogens is 1. The van der Waals surface area contributed by atoms with Crippen molar-refractivity contribution in [1.82, 2.24) is 5.31 Å². The molecule has 0 heterocycles.